The summed E-state index contributed by atoms with van der Waals surface area (Å²) in [5, 5.41) is 7.99. The number of anilines is 2. The van der Waals surface area contributed by atoms with E-state index in [1.54, 1.807) is 12.4 Å². The Hall–Kier alpha value is -3.58. The van der Waals surface area contributed by atoms with Crippen molar-refractivity contribution in [1.29, 1.82) is 0 Å². The summed E-state index contributed by atoms with van der Waals surface area (Å²) >= 11 is 0. The number of hydrogen-bond acceptors (Lipinski definition) is 4. The summed E-state index contributed by atoms with van der Waals surface area (Å²) in [6.45, 7) is 36.2. The molecule has 0 aliphatic carbocycles. The quantitative estimate of drug-likeness (QED) is 0.0719. The summed E-state index contributed by atoms with van der Waals surface area (Å²) in [7, 11) is 0. The van der Waals surface area contributed by atoms with Crippen molar-refractivity contribution >= 4 is 35.2 Å². The molecule has 0 spiro atoms. The molecule has 0 saturated heterocycles. The SMILES string of the molecule is CCCCC(Nc1c(C)cc(C)cc1C)C(CCCC)Nc1c(C)cc(C)cc1C.Cc1cc(C)c(N=CC=Nc2c(C)cc(C)cc2C)c(C)c1.[CH2-]CCC.[Li+]. The van der Waals surface area contributed by atoms with Gasteiger partial charge in [-0.3, -0.25) is 9.98 Å². The van der Waals surface area contributed by atoms with Gasteiger partial charge in [0.15, 0.2) is 0 Å². The normalized spacial score (nSPS) is 12.0. The fraction of sp³-hybridized carbons (Fsp3) is 0.481. The van der Waals surface area contributed by atoms with Crippen molar-refractivity contribution in [3.8, 4) is 0 Å². The summed E-state index contributed by atoms with van der Waals surface area (Å²) < 4.78 is 0. The van der Waals surface area contributed by atoms with Crippen molar-refractivity contribution in [2.24, 2.45) is 9.98 Å². The molecule has 4 nitrogen and oxygen atoms in total. The molecule has 4 aromatic rings. The van der Waals surface area contributed by atoms with Crippen molar-refractivity contribution in [3.63, 3.8) is 0 Å². The largest absolute Gasteiger partial charge is 1.00 e. The van der Waals surface area contributed by atoms with E-state index in [0.29, 0.717) is 12.1 Å². The molecule has 5 heteroatoms. The van der Waals surface area contributed by atoms with Crippen LogP contribution in [0.25, 0.3) is 0 Å². The van der Waals surface area contributed by atoms with Crippen LogP contribution in [0.3, 0.4) is 0 Å². The number of benzene rings is 4. The standard InChI is InChI=1S/C28H44N2.C20H24N2.C4H9.Li/c1-9-11-13-25(29-27-21(5)15-19(3)16-22(27)6)26(14-12-10-2)30-28-23(7)17-20(4)18-24(28)8;1-13-9-15(3)19(16(4)10-13)21-7-8-22-20-17(5)11-14(2)12-18(20)6;1-3-4-2;/h15-18,25-26,29-30H,9-14H2,1-8H3;7-12H,1-6H3;1,3-4H2,2H3;/q;;-1;+1. The molecule has 0 aliphatic rings. The first-order valence-corrected chi connectivity index (χ1v) is 21.3. The zero-order chi connectivity index (χ0) is 41.9. The predicted octanol–water partition coefficient (Wildman–Crippen LogP) is 12.4. The third kappa shape index (κ3) is 17.0. The molecule has 0 aromatic heterocycles. The molecule has 0 saturated carbocycles. The van der Waals surface area contributed by atoms with Crippen LogP contribution in [0, 0.1) is 90.0 Å². The van der Waals surface area contributed by atoms with Crippen molar-refractivity contribution in [3.05, 3.63) is 122 Å². The summed E-state index contributed by atoms with van der Waals surface area (Å²) in [6, 6.07) is 18.7. The van der Waals surface area contributed by atoms with E-state index in [0.717, 1.165) is 17.8 Å². The molecule has 0 fully saturated rings. The van der Waals surface area contributed by atoms with Crippen molar-refractivity contribution in [2.45, 2.75) is 167 Å². The Kier molecular flexibility index (Phi) is 23.8. The molecule has 0 bridgehead atoms. The number of aliphatic imine (C=N–C) groups is 2. The van der Waals surface area contributed by atoms with Gasteiger partial charge in [-0.1, -0.05) is 124 Å². The number of unbranched alkanes of at least 4 members (excludes halogenated alkanes) is 3. The molecule has 0 radical (unpaired) electrons. The van der Waals surface area contributed by atoms with E-state index in [9.17, 15) is 0 Å². The molecule has 2 atom stereocenters. The molecule has 0 heterocycles. The van der Waals surface area contributed by atoms with Gasteiger partial charge in [-0.05, 0) is 140 Å². The van der Waals surface area contributed by atoms with Crippen LogP contribution in [0.15, 0.2) is 58.5 Å². The fourth-order valence-electron chi connectivity index (χ4n) is 7.75. The molecule has 306 valence electrons. The second-order valence-corrected chi connectivity index (χ2v) is 16.2. The van der Waals surface area contributed by atoms with Crippen LogP contribution in [-0.4, -0.2) is 24.5 Å². The van der Waals surface area contributed by atoms with Crippen molar-refractivity contribution in [1.82, 2.24) is 0 Å². The first-order chi connectivity index (χ1) is 26.6. The Balaban J connectivity index is 0.000000531. The maximum Gasteiger partial charge on any atom is 1.00 e. The molecular weight excluding hydrogens is 688 g/mol. The van der Waals surface area contributed by atoms with E-state index >= 15 is 0 Å². The maximum absolute atomic E-state index is 4.56. The summed E-state index contributed by atoms with van der Waals surface area (Å²) in [4.78, 5) is 9.13. The van der Waals surface area contributed by atoms with Gasteiger partial charge in [-0.25, -0.2) is 0 Å². The topological polar surface area (TPSA) is 48.8 Å². The van der Waals surface area contributed by atoms with Gasteiger partial charge in [0.2, 0.25) is 0 Å². The number of aryl methyl sites for hydroxylation is 12. The Morgan fingerprint density at radius 2 is 0.702 bits per heavy atom. The minimum atomic E-state index is 0. The van der Waals surface area contributed by atoms with Crippen LogP contribution in [-0.2, 0) is 0 Å². The first-order valence-electron chi connectivity index (χ1n) is 21.3. The number of hydrogen-bond donors (Lipinski definition) is 2. The van der Waals surface area contributed by atoms with E-state index in [-0.39, 0.29) is 18.9 Å². The number of nitrogens with one attached hydrogen (secondary N) is 2. The fourth-order valence-corrected chi connectivity index (χ4v) is 7.75. The predicted molar refractivity (Wildman–Crippen MR) is 253 cm³/mol. The third-order valence-corrected chi connectivity index (χ3v) is 10.3. The smallest absolute Gasteiger partial charge is 0.380 e. The first kappa shape index (κ1) is 51.4. The average molecular weight is 765 g/mol. The molecule has 0 aliphatic heterocycles. The molecule has 0 amide bonds. The Bertz CT molecular complexity index is 1660. The van der Waals surface area contributed by atoms with Crippen LogP contribution < -0.4 is 29.5 Å². The molecular formula is C52H77LiN4. The molecule has 2 N–H and O–H groups in total. The molecule has 2 unspecified atom stereocenters. The van der Waals surface area contributed by atoms with Crippen LogP contribution in [0.4, 0.5) is 22.7 Å². The number of rotatable bonds is 15. The van der Waals surface area contributed by atoms with Gasteiger partial charge in [-0.15, -0.1) is 0 Å². The zero-order valence-electron chi connectivity index (χ0n) is 39.2. The van der Waals surface area contributed by atoms with Gasteiger partial charge in [0.25, 0.3) is 0 Å². The van der Waals surface area contributed by atoms with Crippen molar-refractivity contribution in [2.75, 3.05) is 10.6 Å². The van der Waals surface area contributed by atoms with Gasteiger partial charge in [0.05, 0.1) is 11.4 Å². The van der Waals surface area contributed by atoms with Crippen LogP contribution in [0.1, 0.15) is 139 Å². The van der Waals surface area contributed by atoms with Crippen LogP contribution in [0.2, 0.25) is 0 Å². The van der Waals surface area contributed by atoms with Gasteiger partial charge >= 0.3 is 18.9 Å². The van der Waals surface area contributed by atoms with Crippen LogP contribution >= 0.6 is 0 Å². The monoisotopic (exact) mass is 765 g/mol. The summed E-state index contributed by atoms with van der Waals surface area (Å²) in [5.74, 6) is 0. The minimum absolute atomic E-state index is 0. The molecule has 57 heavy (non-hydrogen) atoms. The van der Waals surface area contributed by atoms with E-state index in [2.05, 4.69) is 180 Å². The van der Waals surface area contributed by atoms with Gasteiger partial charge in [0.1, 0.15) is 0 Å². The summed E-state index contributed by atoms with van der Waals surface area (Å²) in [5.41, 5.74) is 20.1. The number of nitrogens with zero attached hydrogens (tertiary/aromatic N) is 2. The summed E-state index contributed by atoms with van der Waals surface area (Å²) in [6.07, 6.45) is 13.2. The average Bonchev–Trinajstić information content (AvgIpc) is 3.11. The maximum atomic E-state index is 4.56. The zero-order valence-corrected chi connectivity index (χ0v) is 39.2. The van der Waals surface area contributed by atoms with E-state index in [4.69, 9.17) is 0 Å². The molecule has 4 rings (SSSR count). The second-order valence-electron chi connectivity index (χ2n) is 16.2. The Labute approximate surface area is 362 Å². The third-order valence-electron chi connectivity index (χ3n) is 10.3. The van der Waals surface area contributed by atoms with E-state index in [1.807, 2.05) is 0 Å². The Morgan fingerprint density at radius 3 is 0.930 bits per heavy atom. The van der Waals surface area contributed by atoms with E-state index in [1.165, 1.54) is 123 Å². The minimum Gasteiger partial charge on any atom is -0.380 e. The van der Waals surface area contributed by atoms with Gasteiger partial charge in [-0.2, -0.15) is 6.42 Å². The van der Waals surface area contributed by atoms with E-state index < -0.39 is 0 Å². The van der Waals surface area contributed by atoms with Crippen molar-refractivity contribution < 1.29 is 18.9 Å². The van der Waals surface area contributed by atoms with Crippen LogP contribution in [0.5, 0.6) is 0 Å². The second kappa shape index (κ2) is 26.4. The Morgan fingerprint density at radius 1 is 0.456 bits per heavy atom. The van der Waals surface area contributed by atoms with Gasteiger partial charge < -0.3 is 17.6 Å². The van der Waals surface area contributed by atoms with Gasteiger partial charge in [0, 0.05) is 35.9 Å². The molecule has 4 aromatic carbocycles.